The van der Waals surface area contributed by atoms with Crippen molar-refractivity contribution >= 4 is 12.0 Å². The van der Waals surface area contributed by atoms with Gasteiger partial charge in [0.05, 0.1) is 37.5 Å². The second-order valence-corrected chi connectivity index (χ2v) is 12.9. The Balaban J connectivity index is 1.41. The summed E-state index contributed by atoms with van der Waals surface area (Å²) in [5.74, 6) is 0.669. The lowest BCUT2D eigenvalue weighted by molar-refractivity contribution is -0.122. The maximum atomic E-state index is 14.1. The van der Waals surface area contributed by atoms with Crippen molar-refractivity contribution in [1.29, 1.82) is 0 Å². The number of carbonyl (C=O) groups is 2. The van der Waals surface area contributed by atoms with Crippen LogP contribution in [0.15, 0.2) is 24.3 Å². The number of ether oxygens (including phenoxy) is 2. The lowest BCUT2D eigenvalue weighted by atomic mass is 9.66. The first-order valence-corrected chi connectivity index (χ1v) is 16.2. The van der Waals surface area contributed by atoms with E-state index in [0.29, 0.717) is 51.4 Å². The molecule has 0 radical (unpaired) electrons. The third-order valence-corrected chi connectivity index (χ3v) is 10.0. The molecular formula is C33H50N2O6. The minimum absolute atomic E-state index is 0.0633. The highest BCUT2D eigenvalue weighted by Gasteiger charge is 2.51. The van der Waals surface area contributed by atoms with E-state index >= 15 is 0 Å². The number of fused-ring (bicyclic) bond motifs is 1. The van der Waals surface area contributed by atoms with Crippen LogP contribution in [0.1, 0.15) is 101 Å². The molecule has 4 aliphatic rings. The number of unbranched alkanes of at least 4 members (excludes halogenated alkanes) is 2. The van der Waals surface area contributed by atoms with Gasteiger partial charge in [-0.3, -0.25) is 9.69 Å². The van der Waals surface area contributed by atoms with Gasteiger partial charge in [-0.2, -0.15) is 0 Å². The number of carbonyl (C=O) groups excluding carboxylic acids is 2. The van der Waals surface area contributed by atoms with E-state index in [4.69, 9.17) is 9.47 Å². The maximum Gasteiger partial charge on any atom is 0.411 e. The molecule has 1 aromatic rings. The maximum absolute atomic E-state index is 14.1. The second kappa shape index (κ2) is 14.3. The summed E-state index contributed by atoms with van der Waals surface area (Å²) < 4.78 is 11.5. The van der Waals surface area contributed by atoms with Crippen LogP contribution in [0.3, 0.4) is 0 Å². The van der Waals surface area contributed by atoms with Gasteiger partial charge in [0.1, 0.15) is 6.10 Å². The molecule has 0 spiro atoms. The van der Waals surface area contributed by atoms with Gasteiger partial charge >= 0.3 is 6.09 Å². The predicted octanol–water partition coefficient (Wildman–Crippen LogP) is 4.90. The number of nitrogens with zero attached hydrogens (tertiary/aromatic N) is 1. The Labute approximate surface area is 245 Å². The number of amides is 2. The Kier molecular flexibility index (Phi) is 10.6. The van der Waals surface area contributed by atoms with Crippen molar-refractivity contribution in [2.24, 2.45) is 17.8 Å². The molecule has 1 aromatic carbocycles. The SMILES string of the molecule is CCCCCC(=O)NC[C@@H]1CC(C2CCCCC2)[C@H](N(C(=O)O[C@H]2CCOC2)[C@H]2c3ccccc3C[C@H]2O)[C@@H](O)C1. The van der Waals surface area contributed by atoms with E-state index in [9.17, 15) is 19.8 Å². The summed E-state index contributed by atoms with van der Waals surface area (Å²) >= 11 is 0. The highest BCUT2D eigenvalue weighted by Crippen LogP contribution is 2.47. The summed E-state index contributed by atoms with van der Waals surface area (Å²) in [4.78, 5) is 28.3. The molecule has 2 amide bonds. The summed E-state index contributed by atoms with van der Waals surface area (Å²) in [6, 6.07) is 6.90. The highest BCUT2D eigenvalue weighted by molar-refractivity contribution is 5.75. The zero-order valence-corrected chi connectivity index (χ0v) is 24.7. The zero-order valence-electron chi connectivity index (χ0n) is 24.7. The molecule has 0 aromatic heterocycles. The Morgan fingerprint density at radius 1 is 1.05 bits per heavy atom. The standard InChI is InChI=1S/C33H50N2O6/c1-2-3-5-14-30(38)34-20-22-17-27(23-10-6-4-7-11-23)32(28(36)18-22)35(33(39)41-25-15-16-40-21-25)31-26-13-9-8-12-24(26)19-29(31)37/h8-9,12-13,22-23,25,27-29,31-32,36-37H,2-7,10-11,14-21H2,1H3,(H,34,38)/t22-,25+,27?,28+,29-,31+,32+/m1/s1. The molecule has 1 saturated heterocycles. The molecule has 8 nitrogen and oxygen atoms in total. The zero-order chi connectivity index (χ0) is 28.8. The molecule has 7 atom stereocenters. The van der Waals surface area contributed by atoms with Crippen LogP contribution in [0, 0.1) is 17.8 Å². The third kappa shape index (κ3) is 7.26. The molecule has 0 bridgehead atoms. The van der Waals surface area contributed by atoms with Crippen LogP contribution in [-0.4, -0.2) is 71.2 Å². The lowest BCUT2D eigenvalue weighted by Gasteiger charge is -2.50. The largest absolute Gasteiger partial charge is 0.444 e. The minimum Gasteiger partial charge on any atom is -0.444 e. The van der Waals surface area contributed by atoms with Crippen molar-refractivity contribution in [3.63, 3.8) is 0 Å². The van der Waals surface area contributed by atoms with E-state index in [1.54, 1.807) is 4.90 Å². The van der Waals surface area contributed by atoms with Gasteiger partial charge in [-0.25, -0.2) is 4.79 Å². The van der Waals surface area contributed by atoms with Gasteiger partial charge in [-0.15, -0.1) is 0 Å². The lowest BCUT2D eigenvalue weighted by Crippen LogP contribution is -2.59. The van der Waals surface area contributed by atoms with Crippen molar-refractivity contribution < 1.29 is 29.3 Å². The average Bonchev–Trinajstić information content (AvgIpc) is 3.60. The number of nitrogens with one attached hydrogen (secondary N) is 1. The van der Waals surface area contributed by atoms with Gasteiger partial charge in [0, 0.05) is 25.8 Å². The van der Waals surface area contributed by atoms with Crippen LogP contribution in [-0.2, 0) is 20.7 Å². The van der Waals surface area contributed by atoms with Crippen molar-refractivity contribution in [3.8, 4) is 0 Å². The molecular weight excluding hydrogens is 520 g/mol. The average molecular weight is 571 g/mol. The second-order valence-electron chi connectivity index (χ2n) is 12.9. The van der Waals surface area contributed by atoms with Gasteiger partial charge < -0.3 is 25.0 Å². The number of benzene rings is 1. The molecule has 8 heteroatoms. The fraction of sp³-hybridized carbons (Fsp3) is 0.758. The van der Waals surface area contributed by atoms with Crippen molar-refractivity contribution in [2.75, 3.05) is 19.8 Å². The Morgan fingerprint density at radius 2 is 1.85 bits per heavy atom. The molecule has 228 valence electrons. The first-order chi connectivity index (χ1) is 20.0. The van der Waals surface area contributed by atoms with Crippen LogP contribution >= 0.6 is 0 Å². The molecule has 3 fully saturated rings. The van der Waals surface area contributed by atoms with Gasteiger partial charge in [0.2, 0.25) is 5.91 Å². The number of hydrogen-bond acceptors (Lipinski definition) is 6. The van der Waals surface area contributed by atoms with Crippen molar-refractivity contribution in [2.45, 2.75) is 121 Å². The molecule has 1 aliphatic heterocycles. The van der Waals surface area contributed by atoms with Crippen LogP contribution in [0.5, 0.6) is 0 Å². The molecule has 1 unspecified atom stereocenters. The van der Waals surface area contributed by atoms with E-state index in [0.717, 1.165) is 62.5 Å². The van der Waals surface area contributed by atoms with Gasteiger partial charge in [0.25, 0.3) is 0 Å². The third-order valence-electron chi connectivity index (χ3n) is 10.0. The van der Waals surface area contributed by atoms with Gasteiger partial charge in [-0.1, -0.05) is 76.1 Å². The van der Waals surface area contributed by atoms with E-state index in [1.807, 2.05) is 24.3 Å². The topological polar surface area (TPSA) is 108 Å². The van der Waals surface area contributed by atoms with Crippen molar-refractivity contribution in [3.05, 3.63) is 35.4 Å². The minimum atomic E-state index is -0.773. The van der Waals surface area contributed by atoms with Gasteiger partial charge in [0.15, 0.2) is 0 Å². The highest BCUT2D eigenvalue weighted by atomic mass is 16.6. The number of rotatable bonds is 10. The Morgan fingerprint density at radius 3 is 2.61 bits per heavy atom. The van der Waals surface area contributed by atoms with Gasteiger partial charge in [-0.05, 0) is 48.1 Å². The molecule has 5 rings (SSSR count). The van der Waals surface area contributed by atoms with E-state index in [1.165, 1.54) is 6.42 Å². The Hall–Kier alpha value is -2.16. The smallest absolute Gasteiger partial charge is 0.411 e. The normalized spacial score (nSPS) is 31.9. The van der Waals surface area contributed by atoms with Crippen LogP contribution in [0.4, 0.5) is 4.79 Å². The predicted molar refractivity (Wildman–Crippen MR) is 156 cm³/mol. The van der Waals surface area contributed by atoms with Crippen LogP contribution in [0.2, 0.25) is 0 Å². The van der Waals surface area contributed by atoms with E-state index in [-0.39, 0.29) is 23.8 Å². The quantitative estimate of drug-likeness (QED) is 0.345. The van der Waals surface area contributed by atoms with Crippen LogP contribution in [0.25, 0.3) is 0 Å². The first-order valence-electron chi connectivity index (χ1n) is 16.2. The van der Waals surface area contributed by atoms with E-state index < -0.39 is 30.4 Å². The summed E-state index contributed by atoms with van der Waals surface area (Å²) in [5, 5.41) is 26.4. The molecule has 2 saturated carbocycles. The monoisotopic (exact) mass is 570 g/mol. The summed E-state index contributed by atoms with van der Waals surface area (Å²) in [7, 11) is 0. The number of aliphatic hydroxyl groups is 2. The summed E-state index contributed by atoms with van der Waals surface area (Å²) in [5.41, 5.74) is 1.98. The first kappa shape index (κ1) is 30.3. The fourth-order valence-corrected chi connectivity index (χ4v) is 7.98. The Bertz CT molecular complexity index is 1010. The molecule has 41 heavy (non-hydrogen) atoms. The fourth-order valence-electron chi connectivity index (χ4n) is 7.98. The number of hydrogen-bond donors (Lipinski definition) is 3. The number of aliphatic hydroxyl groups excluding tert-OH is 2. The molecule has 1 heterocycles. The van der Waals surface area contributed by atoms with Crippen LogP contribution < -0.4 is 5.32 Å². The summed E-state index contributed by atoms with van der Waals surface area (Å²) in [6.07, 6.45) is 9.41. The molecule has 3 aliphatic carbocycles. The molecule has 3 N–H and O–H groups in total. The van der Waals surface area contributed by atoms with Crippen molar-refractivity contribution in [1.82, 2.24) is 10.2 Å². The summed E-state index contributed by atoms with van der Waals surface area (Å²) in [6.45, 7) is 3.63. The van der Waals surface area contributed by atoms with E-state index in [2.05, 4.69) is 12.2 Å².